The molecule has 9 heteroatoms. The van der Waals surface area contributed by atoms with Crippen LogP contribution in [0, 0.1) is 0 Å². The number of carboxylic acid groups (broad SMARTS) is 1. The Bertz CT molecular complexity index is 499. The van der Waals surface area contributed by atoms with Crippen molar-refractivity contribution < 1.29 is 36.2 Å². The summed E-state index contributed by atoms with van der Waals surface area (Å²) in [5.74, 6) is -7.11. The van der Waals surface area contributed by atoms with Crippen LogP contribution in [0.2, 0.25) is 0 Å². The van der Waals surface area contributed by atoms with Gasteiger partial charge in [-0.2, -0.15) is 22.0 Å². The molecule has 0 saturated heterocycles. The molecule has 0 bridgehead atoms. The zero-order valence-corrected chi connectivity index (χ0v) is 9.01. The average Bonchev–Trinajstić information content (AvgIpc) is 2.25. The highest BCUT2D eigenvalue weighted by Crippen LogP contribution is 2.46. The van der Waals surface area contributed by atoms with Crippen LogP contribution in [0.4, 0.5) is 32.0 Å². The molecule has 0 aliphatic rings. The van der Waals surface area contributed by atoms with E-state index in [4.69, 9.17) is 10.8 Å². The van der Waals surface area contributed by atoms with E-state index in [0.717, 1.165) is 0 Å². The molecular weight excluding hydrogens is 280 g/mol. The Hall–Kier alpha value is -1.93. The van der Waals surface area contributed by atoms with Gasteiger partial charge in [0.15, 0.2) is 6.17 Å². The molecule has 1 rings (SSSR count). The second-order valence-electron chi connectivity index (χ2n) is 3.64. The first-order chi connectivity index (χ1) is 8.48. The van der Waals surface area contributed by atoms with Crippen molar-refractivity contribution in [2.75, 3.05) is 5.73 Å². The summed E-state index contributed by atoms with van der Waals surface area (Å²) < 4.78 is 74.6. The quantitative estimate of drug-likeness (QED) is 0.663. The molecule has 0 aliphatic heterocycles. The Balaban J connectivity index is 3.18. The molecule has 3 nitrogen and oxygen atoms in total. The topological polar surface area (TPSA) is 63.3 Å². The maximum absolute atomic E-state index is 13.2. The van der Waals surface area contributed by atoms with Crippen molar-refractivity contribution >= 4 is 11.7 Å². The summed E-state index contributed by atoms with van der Waals surface area (Å²) in [6.45, 7) is 0. The summed E-state index contributed by atoms with van der Waals surface area (Å²) in [7, 11) is 0. The first-order valence-electron chi connectivity index (χ1n) is 4.69. The lowest BCUT2D eigenvalue weighted by atomic mass is 10.0. The van der Waals surface area contributed by atoms with Gasteiger partial charge < -0.3 is 10.8 Å². The number of alkyl halides is 6. The number of nitrogen functional groups attached to an aromatic ring is 1. The van der Waals surface area contributed by atoms with E-state index in [9.17, 15) is 31.1 Å². The highest BCUT2D eigenvalue weighted by molar-refractivity contribution is 5.93. The van der Waals surface area contributed by atoms with Crippen LogP contribution in [0.15, 0.2) is 18.2 Å². The number of hydrogen-bond acceptors (Lipinski definition) is 2. The van der Waals surface area contributed by atoms with E-state index in [1.54, 1.807) is 0 Å². The number of carbonyl (C=O) groups is 1. The molecule has 0 radical (unpaired) electrons. The smallest absolute Gasteiger partial charge is 0.456 e. The van der Waals surface area contributed by atoms with E-state index >= 15 is 0 Å². The number of hydrogen-bond donors (Lipinski definition) is 2. The summed E-state index contributed by atoms with van der Waals surface area (Å²) in [6.07, 6.45) is -9.73. The average molecular weight is 287 g/mol. The molecule has 19 heavy (non-hydrogen) atoms. The molecule has 1 aromatic rings. The standard InChI is InChI=1S/C10H7F6NO2/c11-7(9(12,13)10(14,15)16)4-1-2-5(8(18)19)6(17)3-4/h1-3,7H,17H2,(H,18,19). The van der Waals surface area contributed by atoms with Gasteiger partial charge in [0.1, 0.15) is 0 Å². The lowest BCUT2D eigenvalue weighted by molar-refractivity contribution is -0.305. The molecule has 1 atom stereocenters. The minimum absolute atomic E-state index is 0.438. The Morgan fingerprint density at radius 1 is 1.21 bits per heavy atom. The third kappa shape index (κ3) is 2.74. The second-order valence-corrected chi connectivity index (χ2v) is 3.64. The molecule has 3 N–H and O–H groups in total. The number of nitrogens with two attached hydrogens (primary N) is 1. The van der Waals surface area contributed by atoms with E-state index in [-0.39, 0.29) is 0 Å². The minimum Gasteiger partial charge on any atom is -0.478 e. The van der Waals surface area contributed by atoms with Crippen molar-refractivity contribution in [3.8, 4) is 0 Å². The molecule has 0 amide bonds. The third-order valence-electron chi connectivity index (χ3n) is 2.29. The van der Waals surface area contributed by atoms with Crippen molar-refractivity contribution in [3.63, 3.8) is 0 Å². The van der Waals surface area contributed by atoms with Gasteiger partial charge in [0, 0.05) is 5.69 Å². The highest BCUT2D eigenvalue weighted by Gasteiger charge is 2.63. The Labute approximate surface area is 102 Å². The van der Waals surface area contributed by atoms with Gasteiger partial charge in [-0.3, -0.25) is 0 Å². The van der Waals surface area contributed by atoms with Crippen LogP contribution in [0.1, 0.15) is 22.1 Å². The summed E-state index contributed by atoms with van der Waals surface area (Å²) in [5.41, 5.74) is 2.96. The molecule has 106 valence electrons. The van der Waals surface area contributed by atoms with Crippen LogP contribution < -0.4 is 5.73 Å². The number of benzene rings is 1. The van der Waals surface area contributed by atoms with Gasteiger partial charge in [0.25, 0.3) is 0 Å². The molecule has 1 unspecified atom stereocenters. The third-order valence-corrected chi connectivity index (χ3v) is 2.29. The molecule has 1 aromatic carbocycles. The maximum Gasteiger partial charge on any atom is 0.456 e. The first kappa shape index (κ1) is 15.1. The summed E-state index contributed by atoms with van der Waals surface area (Å²) in [5, 5.41) is 8.58. The monoisotopic (exact) mass is 287 g/mol. The zero-order valence-electron chi connectivity index (χ0n) is 9.01. The first-order valence-corrected chi connectivity index (χ1v) is 4.69. The number of aromatic carboxylic acids is 1. The largest absolute Gasteiger partial charge is 0.478 e. The Kier molecular flexibility index (Phi) is 3.69. The van der Waals surface area contributed by atoms with E-state index < -0.39 is 41.1 Å². The van der Waals surface area contributed by atoms with E-state index in [1.165, 1.54) is 0 Å². The fourth-order valence-corrected chi connectivity index (χ4v) is 1.29. The van der Waals surface area contributed by atoms with Gasteiger partial charge >= 0.3 is 18.1 Å². The van der Waals surface area contributed by atoms with Gasteiger partial charge in [-0.1, -0.05) is 6.07 Å². The van der Waals surface area contributed by atoms with Gasteiger partial charge in [-0.25, -0.2) is 9.18 Å². The van der Waals surface area contributed by atoms with E-state index in [0.29, 0.717) is 18.2 Å². The second kappa shape index (κ2) is 4.63. The normalized spacial score (nSPS) is 14.2. The molecule has 0 heterocycles. The van der Waals surface area contributed by atoms with Gasteiger partial charge in [0.05, 0.1) is 5.56 Å². The maximum atomic E-state index is 13.2. The Morgan fingerprint density at radius 3 is 2.11 bits per heavy atom. The molecule has 0 spiro atoms. The molecule has 0 fully saturated rings. The lowest BCUT2D eigenvalue weighted by Gasteiger charge is -2.23. The molecule has 0 aromatic heterocycles. The van der Waals surface area contributed by atoms with Crippen molar-refractivity contribution in [2.45, 2.75) is 18.3 Å². The van der Waals surface area contributed by atoms with Gasteiger partial charge in [-0.05, 0) is 17.7 Å². The molecule has 0 aliphatic carbocycles. The van der Waals surface area contributed by atoms with Crippen LogP contribution in [0.5, 0.6) is 0 Å². The number of halogens is 6. The van der Waals surface area contributed by atoms with Crippen LogP contribution in [0.3, 0.4) is 0 Å². The van der Waals surface area contributed by atoms with Crippen molar-refractivity contribution in [1.29, 1.82) is 0 Å². The Morgan fingerprint density at radius 2 is 1.74 bits per heavy atom. The molecular formula is C10H7F6NO2. The number of carboxylic acids is 1. The minimum atomic E-state index is -6.06. The fraction of sp³-hybridized carbons (Fsp3) is 0.300. The zero-order chi connectivity index (χ0) is 15.0. The fourth-order valence-electron chi connectivity index (χ4n) is 1.29. The van der Waals surface area contributed by atoms with Crippen LogP contribution in [0.25, 0.3) is 0 Å². The summed E-state index contributed by atoms with van der Waals surface area (Å²) in [6, 6.07) is 1.62. The van der Waals surface area contributed by atoms with Crippen molar-refractivity contribution in [3.05, 3.63) is 29.3 Å². The summed E-state index contributed by atoms with van der Waals surface area (Å²) >= 11 is 0. The number of anilines is 1. The van der Waals surface area contributed by atoms with Crippen molar-refractivity contribution in [1.82, 2.24) is 0 Å². The van der Waals surface area contributed by atoms with Gasteiger partial charge in [0.2, 0.25) is 0 Å². The number of rotatable bonds is 3. The molecule has 0 saturated carbocycles. The van der Waals surface area contributed by atoms with Gasteiger partial charge in [-0.15, -0.1) is 0 Å². The van der Waals surface area contributed by atoms with E-state index in [2.05, 4.69) is 0 Å². The van der Waals surface area contributed by atoms with Crippen molar-refractivity contribution in [2.24, 2.45) is 0 Å². The van der Waals surface area contributed by atoms with E-state index in [1.807, 2.05) is 0 Å². The van der Waals surface area contributed by atoms with Crippen LogP contribution in [-0.2, 0) is 0 Å². The lowest BCUT2D eigenvalue weighted by Crippen LogP contribution is -2.40. The predicted octanol–water partition coefficient (Wildman–Crippen LogP) is 3.18. The predicted molar refractivity (Wildman–Crippen MR) is 52.7 cm³/mol. The van der Waals surface area contributed by atoms with Crippen LogP contribution >= 0.6 is 0 Å². The SMILES string of the molecule is Nc1cc(C(F)C(F)(F)C(F)(F)F)ccc1C(=O)O. The van der Waals surface area contributed by atoms with Crippen LogP contribution in [-0.4, -0.2) is 23.2 Å². The summed E-state index contributed by atoms with van der Waals surface area (Å²) in [4.78, 5) is 10.6. The highest BCUT2D eigenvalue weighted by atomic mass is 19.4.